The van der Waals surface area contributed by atoms with Crippen LogP contribution >= 0.6 is 0 Å². The van der Waals surface area contributed by atoms with Crippen molar-refractivity contribution in [2.75, 3.05) is 0 Å². The Morgan fingerprint density at radius 2 is 2.12 bits per heavy atom. The number of carbonyl (C=O) groups excluding carboxylic acids is 1. The minimum Gasteiger partial charge on any atom is -0.294 e. The van der Waals surface area contributed by atoms with Gasteiger partial charge in [-0.05, 0) is 25.3 Å². The molecule has 0 bridgehead atoms. The monoisotopic (exact) mass is 230 g/mol. The summed E-state index contributed by atoms with van der Waals surface area (Å²) in [5, 5.41) is 5.56. The van der Waals surface area contributed by atoms with Crippen molar-refractivity contribution in [3.05, 3.63) is 29.5 Å². The quantitative estimate of drug-likeness (QED) is 0.760. The van der Waals surface area contributed by atoms with E-state index < -0.39 is 0 Å². The summed E-state index contributed by atoms with van der Waals surface area (Å²) >= 11 is 0. The van der Waals surface area contributed by atoms with Gasteiger partial charge in [0.2, 0.25) is 0 Å². The molecule has 2 aromatic rings. The second-order valence-corrected chi connectivity index (χ2v) is 4.92. The van der Waals surface area contributed by atoms with Crippen LogP contribution in [0.15, 0.2) is 18.2 Å². The average molecular weight is 230 g/mol. The van der Waals surface area contributed by atoms with E-state index in [1.54, 1.807) is 6.92 Å². The summed E-state index contributed by atoms with van der Waals surface area (Å²) in [5.41, 5.74) is 2.85. The Morgan fingerprint density at radius 1 is 1.41 bits per heavy atom. The highest BCUT2D eigenvalue weighted by Crippen LogP contribution is 2.24. The van der Waals surface area contributed by atoms with Crippen LogP contribution in [0.3, 0.4) is 0 Å². The zero-order chi connectivity index (χ0) is 12.6. The standard InChI is InChI=1S/C14H18N2O/c1-9(2)8-12-14-11(10(3)17)6-5-7-13(14)16(4)15-12/h5-7,9H,8H2,1-4H3. The fourth-order valence-electron chi connectivity index (χ4n) is 2.22. The topological polar surface area (TPSA) is 34.9 Å². The summed E-state index contributed by atoms with van der Waals surface area (Å²) < 4.78 is 1.86. The van der Waals surface area contributed by atoms with Gasteiger partial charge >= 0.3 is 0 Å². The number of hydrogen-bond donors (Lipinski definition) is 0. The summed E-state index contributed by atoms with van der Waals surface area (Å²) in [6.07, 6.45) is 0.904. The van der Waals surface area contributed by atoms with Crippen molar-refractivity contribution < 1.29 is 4.79 Å². The lowest BCUT2D eigenvalue weighted by Crippen LogP contribution is -1.99. The molecule has 0 radical (unpaired) electrons. The third-order valence-electron chi connectivity index (χ3n) is 2.93. The molecule has 2 rings (SSSR count). The van der Waals surface area contributed by atoms with Crippen LogP contribution in [-0.4, -0.2) is 15.6 Å². The zero-order valence-electron chi connectivity index (χ0n) is 10.8. The predicted molar refractivity (Wildman–Crippen MR) is 69.3 cm³/mol. The molecule has 17 heavy (non-hydrogen) atoms. The smallest absolute Gasteiger partial charge is 0.160 e. The van der Waals surface area contributed by atoms with Gasteiger partial charge in [-0.3, -0.25) is 9.48 Å². The number of hydrogen-bond acceptors (Lipinski definition) is 2. The molecule has 0 aliphatic carbocycles. The van der Waals surface area contributed by atoms with Crippen LogP contribution in [-0.2, 0) is 13.5 Å². The summed E-state index contributed by atoms with van der Waals surface area (Å²) in [5.74, 6) is 0.640. The number of rotatable bonds is 3. The SMILES string of the molecule is CC(=O)c1cccc2c1c(CC(C)C)nn2C. The van der Waals surface area contributed by atoms with Gasteiger partial charge in [0, 0.05) is 18.0 Å². The van der Waals surface area contributed by atoms with Crippen molar-refractivity contribution in [3.63, 3.8) is 0 Å². The van der Waals surface area contributed by atoms with Gasteiger partial charge in [0.15, 0.2) is 5.78 Å². The summed E-state index contributed by atoms with van der Waals surface area (Å²) in [7, 11) is 1.93. The molecule has 0 atom stereocenters. The maximum Gasteiger partial charge on any atom is 0.160 e. The van der Waals surface area contributed by atoms with Crippen molar-refractivity contribution in [1.82, 2.24) is 9.78 Å². The van der Waals surface area contributed by atoms with E-state index in [-0.39, 0.29) is 5.78 Å². The van der Waals surface area contributed by atoms with Crippen molar-refractivity contribution in [3.8, 4) is 0 Å². The fourth-order valence-corrected chi connectivity index (χ4v) is 2.22. The molecule has 0 unspecified atom stereocenters. The van der Waals surface area contributed by atoms with Crippen LogP contribution < -0.4 is 0 Å². The maximum absolute atomic E-state index is 11.7. The minimum atomic E-state index is 0.105. The van der Waals surface area contributed by atoms with E-state index >= 15 is 0 Å². The van der Waals surface area contributed by atoms with Crippen LogP contribution in [0, 0.1) is 5.92 Å². The highest BCUT2D eigenvalue weighted by atomic mass is 16.1. The van der Waals surface area contributed by atoms with Crippen molar-refractivity contribution in [2.24, 2.45) is 13.0 Å². The van der Waals surface area contributed by atoms with E-state index in [0.29, 0.717) is 5.92 Å². The molecule has 3 heteroatoms. The molecular formula is C14H18N2O. The lowest BCUT2D eigenvalue weighted by Gasteiger charge is -2.03. The largest absolute Gasteiger partial charge is 0.294 e. The van der Waals surface area contributed by atoms with Gasteiger partial charge in [0.25, 0.3) is 0 Å². The Morgan fingerprint density at radius 3 is 2.71 bits per heavy atom. The first kappa shape index (κ1) is 11.8. The van der Waals surface area contributed by atoms with Gasteiger partial charge in [-0.25, -0.2) is 0 Å². The Bertz CT molecular complexity index is 567. The Labute approximate surface area is 101 Å². The van der Waals surface area contributed by atoms with Gasteiger partial charge in [-0.2, -0.15) is 5.10 Å². The molecule has 1 aromatic heterocycles. The highest BCUT2D eigenvalue weighted by molar-refractivity contribution is 6.07. The van der Waals surface area contributed by atoms with E-state index in [0.717, 1.165) is 28.6 Å². The molecule has 0 spiro atoms. The summed E-state index contributed by atoms with van der Waals surface area (Å²) in [6, 6.07) is 5.81. The van der Waals surface area contributed by atoms with E-state index in [2.05, 4.69) is 18.9 Å². The first-order valence-electron chi connectivity index (χ1n) is 5.96. The van der Waals surface area contributed by atoms with Gasteiger partial charge < -0.3 is 0 Å². The second-order valence-electron chi connectivity index (χ2n) is 4.92. The minimum absolute atomic E-state index is 0.105. The predicted octanol–water partition coefficient (Wildman–Crippen LogP) is 2.97. The Balaban J connectivity index is 2.72. The lowest BCUT2D eigenvalue weighted by atomic mass is 10.00. The second kappa shape index (κ2) is 4.32. The van der Waals surface area contributed by atoms with Crippen molar-refractivity contribution >= 4 is 16.7 Å². The first-order valence-corrected chi connectivity index (χ1v) is 5.96. The van der Waals surface area contributed by atoms with Crippen molar-refractivity contribution in [2.45, 2.75) is 27.2 Å². The number of aryl methyl sites for hydroxylation is 1. The number of benzene rings is 1. The molecule has 1 aromatic carbocycles. The Hall–Kier alpha value is -1.64. The van der Waals surface area contributed by atoms with Crippen LogP contribution in [0.4, 0.5) is 0 Å². The highest BCUT2D eigenvalue weighted by Gasteiger charge is 2.15. The van der Waals surface area contributed by atoms with Gasteiger partial charge in [0.05, 0.1) is 11.2 Å². The van der Waals surface area contributed by atoms with Crippen LogP contribution in [0.25, 0.3) is 10.9 Å². The molecule has 0 saturated carbocycles. The van der Waals surface area contributed by atoms with Crippen LogP contribution in [0.5, 0.6) is 0 Å². The molecule has 0 amide bonds. The van der Waals surface area contributed by atoms with E-state index in [1.807, 2.05) is 29.9 Å². The van der Waals surface area contributed by atoms with E-state index in [1.165, 1.54) is 0 Å². The molecule has 1 heterocycles. The zero-order valence-corrected chi connectivity index (χ0v) is 10.8. The molecule has 0 N–H and O–H groups in total. The number of Topliss-reactive ketones (excluding diaryl/α,β-unsaturated/α-hetero) is 1. The molecule has 0 saturated heterocycles. The molecular weight excluding hydrogens is 212 g/mol. The third kappa shape index (κ3) is 2.09. The number of carbonyl (C=O) groups is 1. The molecule has 0 aliphatic rings. The van der Waals surface area contributed by atoms with Crippen LogP contribution in [0.2, 0.25) is 0 Å². The molecule has 90 valence electrons. The molecule has 3 nitrogen and oxygen atoms in total. The van der Waals surface area contributed by atoms with Crippen molar-refractivity contribution in [1.29, 1.82) is 0 Å². The normalized spacial score (nSPS) is 11.4. The van der Waals surface area contributed by atoms with Crippen LogP contribution in [0.1, 0.15) is 36.8 Å². The molecule has 0 aliphatic heterocycles. The summed E-state index contributed by atoms with van der Waals surface area (Å²) in [4.78, 5) is 11.7. The lowest BCUT2D eigenvalue weighted by molar-refractivity contribution is 0.101. The number of aromatic nitrogens is 2. The van der Waals surface area contributed by atoms with E-state index in [4.69, 9.17) is 0 Å². The van der Waals surface area contributed by atoms with Gasteiger partial charge in [-0.1, -0.05) is 26.0 Å². The van der Waals surface area contributed by atoms with Gasteiger partial charge in [-0.15, -0.1) is 0 Å². The van der Waals surface area contributed by atoms with E-state index in [9.17, 15) is 4.79 Å². The summed E-state index contributed by atoms with van der Waals surface area (Å²) in [6.45, 7) is 5.94. The third-order valence-corrected chi connectivity index (χ3v) is 2.93. The average Bonchev–Trinajstić information content (AvgIpc) is 2.55. The molecule has 0 fully saturated rings. The maximum atomic E-state index is 11.7. The first-order chi connectivity index (χ1) is 8.00. The number of fused-ring (bicyclic) bond motifs is 1. The van der Waals surface area contributed by atoms with Gasteiger partial charge in [0.1, 0.15) is 0 Å². The number of ketones is 1. The Kier molecular flexibility index (Phi) is 3.01. The fraction of sp³-hybridized carbons (Fsp3) is 0.429. The number of nitrogens with zero attached hydrogens (tertiary/aromatic N) is 2.